The van der Waals surface area contributed by atoms with Gasteiger partial charge >= 0.3 is 0 Å². The van der Waals surface area contributed by atoms with Crippen LogP contribution in [0.1, 0.15) is 17.0 Å². The SMILES string of the molecule is [CH2]Cc1ccc(-n2nc(C)c(-c3cnc4ccccc4c3)c2C)cc1. The maximum Gasteiger partial charge on any atom is 0.0702 e. The molecular weight excluding hydrogens is 306 g/mol. The number of benzene rings is 2. The van der Waals surface area contributed by atoms with Crippen LogP contribution < -0.4 is 0 Å². The van der Waals surface area contributed by atoms with E-state index in [2.05, 4.69) is 62.2 Å². The van der Waals surface area contributed by atoms with Gasteiger partial charge < -0.3 is 0 Å². The summed E-state index contributed by atoms with van der Waals surface area (Å²) < 4.78 is 2.01. The minimum absolute atomic E-state index is 0.797. The molecule has 1 radical (unpaired) electrons. The molecule has 2 aromatic heterocycles. The summed E-state index contributed by atoms with van der Waals surface area (Å²) >= 11 is 0. The van der Waals surface area contributed by atoms with E-state index >= 15 is 0 Å². The van der Waals surface area contributed by atoms with Crippen LogP contribution in [0.2, 0.25) is 0 Å². The van der Waals surface area contributed by atoms with Gasteiger partial charge in [0.1, 0.15) is 0 Å². The van der Waals surface area contributed by atoms with Gasteiger partial charge in [-0.1, -0.05) is 30.3 Å². The number of para-hydroxylation sites is 1. The first-order valence-electron chi connectivity index (χ1n) is 8.47. The van der Waals surface area contributed by atoms with Crippen molar-refractivity contribution in [3.63, 3.8) is 0 Å². The van der Waals surface area contributed by atoms with E-state index in [4.69, 9.17) is 5.10 Å². The Kier molecular flexibility index (Phi) is 3.85. The van der Waals surface area contributed by atoms with Gasteiger partial charge in [0.05, 0.1) is 16.9 Å². The summed E-state index contributed by atoms with van der Waals surface area (Å²) in [6, 6.07) is 18.8. The van der Waals surface area contributed by atoms with Crippen molar-refractivity contribution in [3.8, 4) is 16.8 Å². The van der Waals surface area contributed by atoms with Crippen LogP contribution in [0.15, 0.2) is 60.8 Å². The minimum Gasteiger partial charge on any atom is -0.256 e. The average molecular weight is 326 g/mol. The highest BCUT2D eigenvalue weighted by molar-refractivity contribution is 5.84. The summed E-state index contributed by atoms with van der Waals surface area (Å²) in [5, 5.41) is 5.91. The first kappa shape index (κ1) is 15.6. The maximum absolute atomic E-state index is 4.77. The third-order valence-corrected chi connectivity index (χ3v) is 4.64. The van der Waals surface area contributed by atoms with Crippen LogP contribution in [0.5, 0.6) is 0 Å². The van der Waals surface area contributed by atoms with Crippen molar-refractivity contribution in [2.45, 2.75) is 20.3 Å². The third kappa shape index (κ3) is 2.72. The molecular formula is C22H20N3. The van der Waals surface area contributed by atoms with Crippen LogP contribution in [0.25, 0.3) is 27.7 Å². The van der Waals surface area contributed by atoms with Crippen molar-refractivity contribution in [2.24, 2.45) is 0 Å². The summed E-state index contributed by atoms with van der Waals surface area (Å²) in [6.07, 6.45) is 2.74. The molecule has 0 unspecified atom stereocenters. The maximum atomic E-state index is 4.77. The Morgan fingerprint density at radius 1 is 1.00 bits per heavy atom. The molecule has 4 rings (SSSR count). The van der Waals surface area contributed by atoms with Crippen LogP contribution in [-0.2, 0) is 6.42 Å². The number of hydrogen-bond donors (Lipinski definition) is 0. The largest absolute Gasteiger partial charge is 0.256 e. The van der Waals surface area contributed by atoms with Crippen molar-refractivity contribution in [1.82, 2.24) is 14.8 Å². The molecule has 25 heavy (non-hydrogen) atoms. The highest BCUT2D eigenvalue weighted by Crippen LogP contribution is 2.30. The number of fused-ring (bicyclic) bond motifs is 1. The second-order valence-corrected chi connectivity index (χ2v) is 6.29. The fraction of sp³-hybridized carbons (Fsp3) is 0.136. The van der Waals surface area contributed by atoms with Crippen LogP contribution in [0, 0.1) is 20.8 Å². The van der Waals surface area contributed by atoms with Crippen molar-refractivity contribution in [2.75, 3.05) is 0 Å². The second kappa shape index (κ2) is 6.17. The first-order valence-corrected chi connectivity index (χ1v) is 8.47. The molecule has 0 saturated carbocycles. The molecule has 0 aliphatic carbocycles. The Balaban J connectivity index is 1.83. The molecule has 0 bridgehead atoms. The molecule has 2 aromatic carbocycles. The van der Waals surface area contributed by atoms with E-state index in [-0.39, 0.29) is 0 Å². The van der Waals surface area contributed by atoms with Crippen molar-refractivity contribution < 1.29 is 0 Å². The molecule has 3 nitrogen and oxygen atoms in total. The zero-order chi connectivity index (χ0) is 17.4. The number of rotatable bonds is 3. The van der Waals surface area contributed by atoms with Gasteiger partial charge in [-0.05, 0) is 57.0 Å². The quantitative estimate of drug-likeness (QED) is 0.525. The lowest BCUT2D eigenvalue weighted by Gasteiger charge is -2.07. The summed E-state index contributed by atoms with van der Waals surface area (Å²) in [6.45, 7) is 8.09. The van der Waals surface area contributed by atoms with Crippen molar-refractivity contribution >= 4 is 10.9 Å². The summed E-state index contributed by atoms with van der Waals surface area (Å²) in [5.41, 5.74) is 7.70. The fourth-order valence-electron chi connectivity index (χ4n) is 3.32. The van der Waals surface area contributed by atoms with E-state index in [9.17, 15) is 0 Å². The van der Waals surface area contributed by atoms with Gasteiger partial charge in [0.25, 0.3) is 0 Å². The highest BCUT2D eigenvalue weighted by Gasteiger charge is 2.15. The molecule has 0 atom stereocenters. The summed E-state index contributed by atoms with van der Waals surface area (Å²) in [7, 11) is 0. The zero-order valence-corrected chi connectivity index (χ0v) is 14.5. The van der Waals surface area contributed by atoms with E-state index in [0.29, 0.717) is 0 Å². The number of nitrogens with zero attached hydrogens (tertiary/aromatic N) is 3. The molecule has 4 aromatic rings. The molecule has 0 aliphatic rings. The van der Waals surface area contributed by atoms with Crippen molar-refractivity contribution in [3.05, 3.63) is 84.7 Å². The van der Waals surface area contributed by atoms with Gasteiger partial charge in [-0.2, -0.15) is 5.10 Å². The Bertz CT molecular complexity index is 1040. The fourth-order valence-corrected chi connectivity index (χ4v) is 3.32. The van der Waals surface area contributed by atoms with Crippen LogP contribution >= 0.6 is 0 Å². The predicted molar refractivity (Wildman–Crippen MR) is 103 cm³/mol. The Morgan fingerprint density at radius 3 is 2.52 bits per heavy atom. The van der Waals surface area contributed by atoms with Gasteiger partial charge in [-0.25, -0.2) is 4.68 Å². The standard InChI is InChI=1S/C22H20N3/c1-4-17-9-11-20(12-10-17)25-16(3)22(15(2)24-25)19-13-18-7-5-6-8-21(18)23-14-19/h5-14H,1,4H2,2-3H3. The van der Waals surface area contributed by atoms with E-state index in [0.717, 1.165) is 45.5 Å². The topological polar surface area (TPSA) is 30.7 Å². The molecule has 3 heteroatoms. The smallest absolute Gasteiger partial charge is 0.0702 e. The number of pyridine rings is 1. The van der Waals surface area contributed by atoms with E-state index < -0.39 is 0 Å². The molecule has 0 aliphatic heterocycles. The molecule has 0 fully saturated rings. The Morgan fingerprint density at radius 2 is 1.76 bits per heavy atom. The van der Waals surface area contributed by atoms with Gasteiger partial charge in [0, 0.05) is 28.4 Å². The number of hydrogen-bond acceptors (Lipinski definition) is 2. The second-order valence-electron chi connectivity index (χ2n) is 6.29. The van der Waals surface area contributed by atoms with Gasteiger partial charge in [-0.15, -0.1) is 0 Å². The molecule has 2 heterocycles. The minimum atomic E-state index is 0.797. The monoisotopic (exact) mass is 326 g/mol. The third-order valence-electron chi connectivity index (χ3n) is 4.64. The first-order chi connectivity index (χ1) is 12.2. The van der Waals surface area contributed by atoms with Gasteiger partial charge in [0.2, 0.25) is 0 Å². The van der Waals surface area contributed by atoms with E-state index in [1.54, 1.807) is 0 Å². The van der Waals surface area contributed by atoms with Gasteiger partial charge in [0.15, 0.2) is 0 Å². The van der Waals surface area contributed by atoms with Crippen LogP contribution in [0.4, 0.5) is 0 Å². The zero-order valence-electron chi connectivity index (χ0n) is 14.5. The molecule has 0 N–H and O–H groups in total. The lowest BCUT2D eigenvalue weighted by atomic mass is 10.0. The number of aryl methyl sites for hydroxylation is 1. The summed E-state index contributed by atoms with van der Waals surface area (Å²) in [5.74, 6) is 0. The average Bonchev–Trinajstić information content (AvgIpc) is 2.95. The number of aromatic nitrogens is 3. The van der Waals surface area contributed by atoms with Crippen LogP contribution in [0.3, 0.4) is 0 Å². The predicted octanol–water partition coefficient (Wildman–Crippen LogP) is 5.08. The van der Waals surface area contributed by atoms with E-state index in [1.807, 2.05) is 29.1 Å². The van der Waals surface area contributed by atoms with E-state index in [1.165, 1.54) is 5.56 Å². The summed E-state index contributed by atoms with van der Waals surface area (Å²) in [4.78, 5) is 4.60. The van der Waals surface area contributed by atoms with Gasteiger partial charge in [-0.3, -0.25) is 4.98 Å². The van der Waals surface area contributed by atoms with Crippen LogP contribution in [-0.4, -0.2) is 14.8 Å². The molecule has 0 saturated heterocycles. The molecule has 0 amide bonds. The lowest BCUT2D eigenvalue weighted by molar-refractivity contribution is 0.833. The Labute approximate surface area is 148 Å². The lowest BCUT2D eigenvalue weighted by Crippen LogP contribution is -1.99. The molecule has 0 spiro atoms. The molecule has 123 valence electrons. The normalized spacial score (nSPS) is 11.2. The Hall–Kier alpha value is -2.94. The van der Waals surface area contributed by atoms with Crippen molar-refractivity contribution in [1.29, 1.82) is 0 Å². The highest BCUT2D eigenvalue weighted by atomic mass is 15.3.